The Hall–Kier alpha value is -1.29. The molecule has 2 aliphatic rings. The quantitative estimate of drug-likeness (QED) is 0.687. The van der Waals surface area contributed by atoms with E-state index in [1.54, 1.807) is 11.0 Å². The molecular weight excluding hydrogens is 222 g/mol. The predicted octanol–water partition coefficient (Wildman–Crippen LogP) is 1.92. The number of carbonyl (C=O) groups excluding carboxylic acids is 2. The lowest BCUT2D eigenvalue weighted by Crippen LogP contribution is -2.37. The molecule has 16 heavy (non-hydrogen) atoms. The van der Waals surface area contributed by atoms with Gasteiger partial charge in [-0.15, -0.1) is 0 Å². The zero-order valence-corrected chi connectivity index (χ0v) is 9.50. The summed E-state index contributed by atoms with van der Waals surface area (Å²) in [6.07, 6.45) is 1.75. The van der Waals surface area contributed by atoms with Gasteiger partial charge in [0.1, 0.15) is 6.04 Å². The van der Waals surface area contributed by atoms with E-state index >= 15 is 0 Å². The average Bonchev–Trinajstić information content (AvgIpc) is 2.74. The van der Waals surface area contributed by atoms with E-state index in [1.165, 1.54) is 11.8 Å². The molecule has 0 aliphatic carbocycles. The van der Waals surface area contributed by atoms with Gasteiger partial charge in [0, 0.05) is 11.4 Å². The van der Waals surface area contributed by atoms with Crippen LogP contribution in [0.1, 0.15) is 23.2 Å². The number of amides is 1. The summed E-state index contributed by atoms with van der Waals surface area (Å²) in [5, 5.41) is 0.107. The van der Waals surface area contributed by atoms with Crippen LogP contribution in [0.15, 0.2) is 29.2 Å². The third-order valence-electron chi connectivity index (χ3n) is 3.11. The van der Waals surface area contributed by atoms with Crippen LogP contribution in [0.3, 0.4) is 0 Å². The molecule has 0 radical (unpaired) electrons. The number of hydrogen-bond donors (Lipinski definition) is 0. The van der Waals surface area contributed by atoms with Crippen LogP contribution in [0.4, 0.5) is 0 Å². The number of hydrogen-bond acceptors (Lipinski definition) is 3. The van der Waals surface area contributed by atoms with Crippen molar-refractivity contribution in [1.29, 1.82) is 0 Å². The molecule has 1 amide bonds. The Balaban J connectivity index is 2.11. The van der Waals surface area contributed by atoms with Gasteiger partial charge in [0.05, 0.1) is 5.56 Å². The molecule has 0 N–H and O–H groups in total. The van der Waals surface area contributed by atoms with Crippen LogP contribution in [-0.2, 0) is 4.79 Å². The summed E-state index contributed by atoms with van der Waals surface area (Å²) in [7, 11) is 0. The van der Waals surface area contributed by atoms with Gasteiger partial charge in [-0.3, -0.25) is 9.59 Å². The van der Waals surface area contributed by atoms with Crippen molar-refractivity contribution in [2.24, 2.45) is 0 Å². The van der Waals surface area contributed by atoms with Crippen LogP contribution in [0.5, 0.6) is 0 Å². The molecule has 0 spiro atoms. The highest BCUT2D eigenvalue weighted by atomic mass is 32.2. The second kappa shape index (κ2) is 3.63. The SMILES string of the molecule is O=C1Sc2ccccc2C(=O)N2CCC[C@@H]12. The van der Waals surface area contributed by atoms with Gasteiger partial charge in [0.15, 0.2) is 0 Å². The van der Waals surface area contributed by atoms with Crippen LogP contribution in [0, 0.1) is 0 Å². The number of benzene rings is 1. The highest BCUT2D eigenvalue weighted by molar-refractivity contribution is 8.13. The van der Waals surface area contributed by atoms with E-state index in [2.05, 4.69) is 0 Å². The second-order valence-electron chi connectivity index (χ2n) is 4.07. The van der Waals surface area contributed by atoms with Crippen molar-refractivity contribution in [2.75, 3.05) is 6.54 Å². The predicted molar refractivity (Wildman–Crippen MR) is 61.4 cm³/mol. The van der Waals surface area contributed by atoms with Crippen molar-refractivity contribution >= 4 is 22.8 Å². The van der Waals surface area contributed by atoms with Crippen LogP contribution in [0.25, 0.3) is 0 Å². The van der Waals surface area contributed by atoms with E-state index in [9.17, 15) is 9.59 Å². The molecule has 3 rings (SSSR count). The Labute approximate surface area is 97.8 Å². The van der Waals surface area contributed by atoms with Gasteiger partial charge in [-0.2, -0.15) is 0 Å². The first-order valence-electron chi connectivity index (χ1n) is 5.39. The summed E-state index contributed by atoms with van der Waals surface area (Å²) in [5.41, 5.74) is 0.672. The van der Waals surface area contributed by atoms with Gasteiger partial charge < -0.3 is 4.90 Å². The first kappa shape index (κ1) is 9.90. The zero-order chi connectivity index (χ0) is 11.1. The van der Waals surface area contributed by atoms with Crippen molar-refractivity contribution in [3.05, 3.63) is 29.8 Å². The van der Waals surface area contributed by atoms with Gasteiger partial charge in [0.25, 0.3) is 5.91 Å². The third-order valence-corrected chi connectivity index (χ3v) is 4.16. The van der Waals surface area contributed by atoms with Crippen molar-refractivity contribution < 1.29 is 9.59 Å². The molecule has 0 unspecified atom stereocenters. The lowest BCUT2D eigenvalue weighted by atomic mass is 10.2. The molecule has 3 nitrogen and oxygen atoms in total. The van der Waals surface area contributed by atoms with E-state index in [-0.39, 0.29) is 17.1 Å². The van der Waals surface area contributed by atoms with Gasteiger partial charge in [-0.25, -0.2) is 0 Å². The summed E-state index contributed by atoms with van der Waals surface area (Å²) in [6.45, 7) is 0.712. The fraction of sp³-hybridized carbons (Fsp3) is 0.333. The number of thioether (sulfide) groups is 1. The fourth-order valence-corrected chi connectivity index (χ4v) is 3.33. The molecule has 0 saturated carbocycles. The third kappa shape index (κ3) is 1.37. The van der Waals surface area contributed by atoms with Crippen molar-refractivity contribution in [1.82, 2.24) is 4.90 Å². The summed E-state index contributed by atoms with van der Waals surface area (Å²) in [5.74, 6) is 0.0106. The molecule has 1 aromatic carbocycles. The van der Waals surface area contributed by atoms with Crippen LogP contribution in [0.2, 0.25) is 0 Å². The minimum atomic E-state index is -0.204. The standard InChI is InChI=1S/C12H11NO2S/c14-11-8-4-1-2-6-10(8)16-12(15)9-5-3-7-13(9)11/h1-2,4,6,9H,3,5,7H2/t9-/m0/s1. The maximum atomic E-state index is 12.2. The Morgan fingerprint density at radius 3 is 2.94 bits per heavy atom. The summed E-state index contributed by atoms with van der Waals surface area (Å²) >= 11 is 1.21. The van der Waals surface area contributed by atoms with E-state index in [1.807, 2.05) is 18.2 Å². The molecule has 1 fully saturated rings. The van der Waals surface area contributed by atoms with Crippen molar-refractivity contribution in [3.63, 3.8) is 0 Å². The molecule has 1 aromatic rings. The van der Waals surface area contributed by atoms with Gasteiger partial charge in [-0.1, -0.05) is 12.1 Å². The molecule has 82 valence electrons. The van der Waals surface area contributed by atoms with E-state index in [0.717, 1.165) is 17.7 Å². The largest absolute Gasteiger partial charge is 0.328 e. The van der Waals surface area contributed by atoms with E-state index in [4.69, 9.17) is 0 Å². The maximum absolute atomic E-state index is 12.2. The summed E-state index contributed by atoms with van der Waals surface area (Å²) in [6, 6.07) is 7.15. The minimum absolute atomic E-state index is 0.0106. The monoisotopic (exact) mass is 233 g/mol. The summed E-state index contributed by atoms with van der Waals surface area (Å²) in [4.78, 5) is 26.7. The van der Waals surface area contributed by atoms with Crippen LogP contribution in [-0.4, -0.2) is 28.5 Å². The molecule has 2 heterocycles. The molecule has 4 heteroatoms. The Kier molecular flexibility index (Phi) is 2.24. The number of rotatable bonds is 0. The first-order valence-corrected chi connectivity index (χ1v) is 6.21. The molecular formula is C12H11NO2S. The molecule has 1 atom stereocenters. The van der Waals surface area contributed by atoms with E-state index in [0.29, 0.717) is 12.1 Å². The topological polar surface area (TPSA) is 37.4 Å². The zero-order valence-electron chi connectivity index (χ0n) is 8.68. The Bertz CT molecular complexity index is 472. The highest BCUT2D eigenvalue weighted by Crippen LogP contribution is 2.34. The number of fused-ring (bicyclic) bond motifs is 2. The number of carbonyl (C=O) groups is 2. The molecule has 0 bridgehead atoms. The Morgan fingerprint density at radius 1 is 1.25 bits per heavy atom. The van der Waals surface area contributed by atoms with Crippen molar-refractivity contribution in [2.45, 2.75) is 23.8 Å². The average molecular weight is 233 g/mol. The number of nitrogens with zero attached hydrogens (tertiary/aromatic N) is 1. The smallest absolute Gasteiger partial charge is 0.255 e. The van der Waals surface area contributed by atoms with Gasteiger partial charge in [0.2, 0.25) is 5.12 Å². The molecule has 1 saturated heterocycles. The Morgan fingerprint density at radius 2 is 2.06 bits per heavy atom. The van der Waals surface area contributed by atoms with Gasteiger partial charge in [-0.05, 0) is 36.7 Å². The summed E-state index contributed by atoms with van der Waals surface area (Å²) < 4.78 is 0. The normalized spacial score (nSPS) is 24.0. The second-order valence-corrected chi connectivity index (χ2v) is 5.12. The van der Waals surface area contributed by atoms with Crippen molar-refractivity contribution in [3.8, 4) is 0 Å². The molecule has 0 aromatic heterocycles. The maximum Gasteiger partial charge on any atom is 0.255 e. The molecule has 2 aliphatic heterocycles. The van der Waals surface area contributed by atoms with Crippen LogP contribution >= 0.6 is 11.8 Å². The fourth-order valence-electron chi connectivity index (χ4n) is 2.32. The lowest BCUT2D eigenvalue weighted by molar-refractivity contribution is -0.114. The lowest BCUT2D eigenvalue weighted by Gasteiger charge is -2.20. The van der Waals surface area contributed by atoms with Crippen LogP contribution < -0.4 is 0 Å². The van der Waals surface area contributed by atoms with E-state index < -0.39 is 0 Å². The first-order chi connectivity index (χ1) is 7.77. The van der Waals surface area contributed by atoms with Gasteiger partial charge >= 0.3 is 0 Å². The highest BCUT2D eigenvalue weighted by Gasteiger charge is 2.38. The minimum Gasteiger partial charge on any atom is -0.328 e.